The zero-order chi connectivity index (χ0) is 20.7. The number of amides is 1. The average molecular weight is 517 g/mol. The molecule has 0 unspecified atom stereocenters. The quantitative estimate of drug-likeness (QED) is 0.386. The fourth-order valence-corrected chi connectivity index (χ4v) is 3.15. The number of carbonyl (C=O) groups is 1. The molecule has 0 radical (unpaired) electrons. The van der Waals surface area contributed by atoms with E-state index >= 15 is 0 Å². The summed E-state index contributed by atoms with van der Waals surface area (Å²) in [6, 6.07) is 15.0. The number of carbonyl (C=O) groups excluding carboxylic acids is 1. The number of aliphatic hydroxyl groups is 1. The zero-order valence-corrected chi connectivity index (χ0v) is 19.2. The highest BCUT2D eigenvalue weighted by atomic mass is 127. The van der Waals surface area contributed by atoms with Crippen LogP contribution in [0, 0.1) is 3.57 Å². The monoisotopic (exact) mass is 516 g/mol. The average Bonchev–Trinajstić information content (AvgIpc) is 2.63. The first-order valence-electron chi connectivity index (χ1n) is 9.04. The van der Waals surface area contributed by atoms with Gasteiger partial charge < -0.3 is 20.1 Å². The molecule has 0 aliphatic heterocycles. The molecule has 0 aliphatic rings. The molecule has 2 N–H and O–H groups in total. The molecule has 1 atom stereocenters. The largest absolute Gasteiger partial charge is 0.448 e. The van der Waals surface area contributed by atoms with E-state index in [1.807, 2.05) is 45.0 Å². The third-order valence-corrected chi connectivity index (χ3v) is 5.07. The zero-order valence-electron chi connectivity index (χ0n) is 16.3. The van der Waals surface area contributed by atoms with Crippen LogP contribution in [0.3, 0.4) is 0 Å². The number of hydrogen-bond acceptors (Lipinski definition) is 4. The van der Waals surface area contributed by atoms with E-state index in [0.29, 0.717) is 17.1 Å². The first-order chi connectivity index (χ1) is 13.2. The number of nitrogens with one attached hydrogen (secondary N) is 1. The highest BCUT2D eigenvalue weighted by Crippen LogP contribution is 2.23. The molecule has 0 aromatic heterocycles. The Hall–Kier alpha value is -1.51. The van der Waals surface area contributed by atoms with E-state index in [0.717, 1.165) is 9.26 Å². The molecule has 0 saturated carbocycles. The highest BCUT2D eigenvalue weighted by molar-refractivity contribution is 14.1. The molecular formula is C21H26ClIN2O3. The smallest absolute Gasteiger partial charge is 0.410 e. The Morgan fingerprint density at radius 3 is 2.54 bits per heavy atom. The lowest BCUT2D eigenvalue weighted by molar-refractivity contribution is 0.0380. The van der Waals surface area contributed by atoms with E-state index in [4.69, 9.17) is 16.3 Å². The van der Waals surface area contributed by atoms with Crippen molar-refractivity contribution in [1.82, 2.24) is 4.90 Å². The molecule has 1 amide bonds. The van der Waals surface area contributed by atoms with Crippen molar-refractivity contribution in [2.24, 2.45) is 0 Å². The molecule has 2 rings (SSSR count). The van der Waals surface area contributed by atoms with Gasteiger partial charge in [-0.05, 0) is 85.3 Å². The molecular weight excluding hydrogens is 491 g/mol. The molecule has 2 aromatic rings. The van der Waals surface area contributed by atoms with Crippen LogP contribution < -0.4 is 5.32 Å². The van der Waals surface area contributed by atoms with Crippen molar-refractivity contribution in [1.29, 1.82) is 0 Å². The van der Waals surface area contributed by atoms with Gasteiger partial charge in [0.1, 0.15) is 6.61 Å². The third kappa shape index (κ3) is 7.14. The minimum absolute atomic E-state index is 0.118. The Morgan fingerprint density at radius 1 is 1.25 bits per heavy atom. The summed E-state index contributed by atoms with van der Waals surface area (Å²) in [6.45, 7) is 6.56. The maximum atomic E-state index is 12.6. The van der Waals surface area contributed by atoms with E-state index in [2.05, 4.69) is 27.9 Å². The third-order valence-electron chi connectivity index (χ3n) is 4.12. The summed E-state index contributed by atoms with van der Waals surface area (Å²) in [5.41, 5.74) is 1.13. The molecule has 152 valence electrons. The van der Waals surface area contributed by atoms with Gasteiger partial charge in [-0.2, -0.15) is 0 Å². The van der Waals surface area contributed by atoms with Gasteiger partial charge in [0.25, 0.3) is 0 Å². The van der Waals surface area contributed by atoms with Gasteiger partial charge in [0, 0.05) is 26.4 Å². The van der Waals surface area contributed by atoms with E-state index in [1.54, 1.807) is 24.3 Å². The van der Waals surface area contributed by atoms with Crippen LogP contribution in [-0.4, -0.2) is 41.3 Å². The molecule has 0 bridgehead atoms. The summed E-state index contributed by atoms with van der Waals surface area (Å²) in [7, 11) is 0. The molecule has 5 nitrogen and oxygen atoms in total. The lowest BCUT2D eigenvalue weighted by Crippen LogP contribution is -2.48. The summed E-state index contributed by atoms with van der Waals surface area (Å²) < 4.78 is 6.58. The summed E-state index contributed by atoms with van der Waals surface area (Å²) in [5, 5.41) is 14.3. The molecule has 0 aliphatic carbocycles. The molecule has 0 fully saturated rings. The number of hydrogen-bond donors (Lipinski definition) is 2. The van der Waals surface area contributed by atoms with Crippen molar-refractivity contribution in [3.05, 3.63) is 62.7 Å². The minimum Gasteiger partial charge on any atom is -0.448 e. The number of β-amino-alcohol motifs (C(OH)–C–C–N with tert-alkyl or cyclic N) is 1. The number of aliphatic hydroxyl groups excluding tert-OH is 1. The van der Waals surface area contributed by atoms with E-state index in [1.165, 1.54) is 4.90 Å². The van der Waals surface area contributed by atoms with Crippen LogP contribution in [0.25, 0.3) is 0 Å². The predicted octanol–water partition coefficient (Wildman–Crippen LogP) is 5.33. The fraction of sp³-hybridized carbons (Fsp3) is 0.381. The highest BCUT2D eigenvalue weighted by Gasteiger charge is 2.30. The van der Waals surface area contributed by atoms with Crippen LogP contribution in [-0.2, 0) is 4.74 Å². The van der Waals surface area contributed by atoms with Crippen LogP contribution in [0.5, 0.6) is 0 Å². The van der Waals surface area contributed by atoms with Crippen molar-refractivity contribution in [3.63, 3.8) is 0 Å². The lowest BCUT2D eigenvalue weighted by atomic mass is 10.0. The van der Waals surface area contributed by atoms with Crippen molar-refractivity contribution < 1.29 is 14.6 Å². The number of benzene rings is 2. The maximum Gasteiger partial charge on any atom is 0.410 e. The van der Waals surface area contributed by atoms with E-state index < -0.39 is 17.7 Å². The normalized spacial score (nSPS) is 12.4. The van der Waals surface area contributed by atoms with Crippen LogP contribution in [0.1, 0.15) is 32.4 Å². The molecule has 7 heteroatoms. The van der Waals surface area contributed by atoms with Gasteiger partial charge in [-0.15, -0.1) is 0 Å². The van der Waals surface area contributed by atoms with Gasteiger partial charge in [-0.3, -0.25) is 0 Å². The van der Waals surface area contributed by atoms with Gasteiger partial charge in [-0.25, -0.2) is 4.79 Å². The molecule has 0 spiro atoms. The van der Waals surface area contributed by atoms with Gasteiger partial charge in [0.05, 0.1) is 12.6 Å². The summed E-state index contributed by atoms with van der Waals surface area (Å²) in [4.78, 5) is 14.1. The second-order valence-electron chi connectivity index (χ2n) is 7.40. The maximum absolute atomic E-state index is 12.6. The Kier molecular flexibility index (Phi) is 8.39. The first kappa shape index (κ1) is 22.8. The topological polar surface area (TPSA) is 61.8 Å². The second-order valence-corrected chi connectivity index (χ2v) is 9.08. The van der Waals surface area contributed by atoms with Crippen LogP contribution in [0.2, 0.25) is 5.02 Å². The van der Waals surface area contributed by atoms with Crippen molar-refractivity contribution >= 4 is 46.0 Å². The lowest BCUT2D eigenvalue weighted by Gasteiger charge is -2.36. The summed E-state index contributed by atoms with van der Waals surface area (Å²) in [6.07, 6.45) is -1.31. The molecule has 0 saturated heterocycles. The standard InChI is InChI=1S/C21H26ClIN2O3/c1-21(2,3)25(14-19(26)15-5-4-6-16(22)13-15)20(27)28-12-11-24-18-9-7-17(23)8-10-18/h4-10,13,19,24,26H,11-12,14H2,1-3H3/t19-/m0/s1. The number of rotatable bonds is 7. The van der Waals surface area contributed by atoms with Gasteiger partial charge in [-0.1, -0.05) is 23.7 Å². The Bertz CT molecular complexity index is 778. The predicted molar refractivity (Wildman–Crippen MR) is 122 cm³/mol. The number of halogens is 2. The van der Waals surface area contributed by atoms with E-state index in [9.17, 15) is 9.90 Å². The summed E-state index contributed by atoms with van der Waals surface area (Å²) >= 11 is 8.25. The van der Waals surface area contributed by atoms with Crippen LogP contribution in [0.15, 0.2) is 48.5 Å². The van der Waals surface area contributed by atoms with E-state index in [-0.39, 0.29) is 13.2 Å². The van der Waals surface area contributed by atoms with Crippen molar-refractivity contribution in [2.45, 2.75) is 32.4 Å². The number of ether oxygens (including phenoxy) is 1. The Balaban J connectivity index is 1.90. The fourth-order valence-electron chi connectivity index (χ4n) is 2.59. The SMILES string of the molecule is CC(C)(C)N(C[C@H](O)c1cccc(Cl)c1)C(=O)OCCNc1ccc(I)cc1. The minimum atomic E-state index is -0.851. The molecule has 2 aromatic carbocycles. The number of nitrogens with zero attached hydrogens (tertiary/aromatic N) is 1. The summed E-state index contributed by atoms with van der Waals surface area (Å²) in [5.74, 6) is 0. The van der Waals surface area contributed by atoms with Gasteiger partial charge in [0.15, 0.2) is 0 Å². The van der Waals surface area contributed by atoms with Crippen molar-refractivity contribution in [3.8, 4) is 0 Å². The van der Waals surface area contributed by atoms with Gasteiger partial charge in [0.2, 0.25) is 0 Å². The Labute approximate surface area is 185 Å². The number of anilines is 1. The molecule has 28 heavy (non-hydrogen) atoms. The Morgan fingerprint density at radius 2 is 1.93 bits per heavy atom. The van der Waals surface area contributed by atoms with Crippen LogP contribution in [0.4, 0.5) is 10.5 Å². The second kappa shape index (κ2) is 10.3. The van der Waals surface area contributed by atoms with Crippen LogP contribution >= 0.6 is 34.2 Å². The van der Waals surface area contributed by atoms with Gasteiger partial charge >= 0.3 is 6.09 Å². The van der Waals surface area contributed by atoms with Crippen molar-refractivity contribution in [2.75, 3.05) is 25.0 Å². The first-order valence-corrected chi connectivity index (χ1v) is 10.5. The molecule has 0 heterocycles.